The summed E-state index contributed by atoms with van der Waals surface area (Å²) >= 11 is 0. The molecule has 5 heteroatoms. The molecule has 0 fully saturated rings. The molecule has 5 nitrogen and oxygen atoms in total. The molecule has 0 amide bonds. The minimum atomic E-state index is -1.21. The van der Waals surface area contributed by atoms with Gasteiger partial charge in [0, 0.05) is 16.6 Å². The van der Waals surface area contributed by atoms with Crippen LogP contribution in [0.15, 0.2) is 66.7 Å². The number of aryl methyl sites for hydroxylation is 2. The van der Waals surface area contributed by atoms with Gasteiger partial charge in [-0.1, -0.05) is 48.5 Å². The van der Waals surface area contributed by atoms with E-state index in [1.54, 1.807) is 18.2 Å². The van der Waals surface area contributed by atoms with Crippen molar-refractivity contribution < 1.29 is 9.90 Å². The van der Waals surface area contributed by atoms with Crippen molar-refractivity contribution in [3.8, 4) is 0 Å². The van der Waals surface area contributed by atoms with Gasteiger partial charge < -0.3 is 10.8 Å². The van der Waals surface area contributed by atoms with Crippen LogP contribution < -0.4 is 5.73 Å². The van der Waals surface area contributed by atoms with Crippen LogP contribution in [-0.4, -0.2) is 20.7 Å². The molecule has 1 heterocycles. The van der Waals surface area contributed by atoms with Gasteiger partial charge in [0.25, 0.3) is 0 Å². The molecule has 1 unspecified atom stereocenters. The van der Waals surface area contributed by atoms with Crippen molar-refractivity contribution in [3.05, 3.63) is 94.7 Å². The van der Waals surface area contributed by atoms with Crippen LogP contribution >= 0.6 is 0 Å². The summed E-state index contributed by atoms with van der Waals surface area (Å²) in [6.45, 7) is 4.34. The number of ketones is 1. The second-order valence-corrected chi connectivity index (χ2v) is 7.30. The summed E-state index contributed by atoms with van der Waals surface area (Å²) in [5.41, 5.74) is 11.4. The van der Waals surface area contributed by atoms with E-state index in [1.165, 1.54) is 0 Å². The SMILES string of the molecule is Cc1cccc(C(=O)C(O)c2ccccc2)c1Cn1nc(C)c2ccc(N)cc21. The fourth-order valence-corrected chi connectivity index (χ4v) is 3.70. The molecule has 0 saturated carbocycles. The number of aliphatic hydroxyl groups excluding tert-OH is 1. The highest BCUT2D eigenvalue weighted by atomic mass is 16.3. The van der Waals surface area contributed by atoms with Gasteiger partial charge in [0.15, 0.2) is 5.78 Å². The number of aromatic nitrogens is 2. The monoisotopic (exact) mass is 385 g/mol. The number of benzene rings is 3. The number of nitrogens with two attached hydrogens (primary N) is 1. The van der Waals surface area contributed by atoms with Crippen LogP contribution in [0.3, 0.4) is 0 Å². The Labute approximate surface area is 169 Å². The third kappa shape index (κ3) is 3.52. The van der Waals surface area contributed by atoms with Crippen LogP contribution in [0, 0.1) is 13.8 Å². The molecule has 146 valence electrons. The van der Waals surface area contributed by atoms with Gasteiger partial charge in [0.2, 0.25) is 0 Å². The Kier molecular flexibility index (Phi) is 4.91. The van der Waals surface area contributed by atoms with E-state index in [0.29, 0.717) is 23.4 Å². The first-order chi connectivity index (χ1) is 14.0. The average Bonchev–Trinajstić information content (AvgIpc) is 3.03. The highest BCUT2D eigenvalue weighted by Gasteiger charge is 2.23. The van der Waals surface area contributed by atoms with Gasteiger partial charge in [-0.2, -0.15) is 5.10 Å². The number of carbonyl (C=O) groups is 1. The van der Waals surface area contributed by atoms with Gasteiger partial charge >= 0.3 is 0 Å². The number of hydrogen-bond donors (Lipinski definition) is 2. The molecule has 4 aromatic rings. The van der Waals surface area contributed by atoms with Crippen molar-refractivity contribution in [2.75, 3.05) is 5.73 Å². The lowest BCUT2D eigenvalue weighted by molar-refractivity contribution is 0.0746. The third-order valence-electron chi connectivity index (χ3n) is 5.31. The molecule has 0 radical (unpaired) electrons. The quantitative estimate of drug-likeness (QED) is 0.398. The molecule has 0 spiro atoms. The Morgan fingerprint density at radius 3 is 2.59 bits per heavy atom. The minimum Gasteiger partial charge on any atom is -0.399 e. The van der Waals surface area contributed by atoms with E-state index < -0.39 is 6.10 Å². The lowest BCUT2D eigenvalue weighted by atomic mass is 9.93. The average molecular weight is 385 g/mol. The van der Waals surface area contributed by atoms with Gasteiger partial charge in [-0.25, -0.2) is 0 Å². The van der Waals surface area contributed by atoms with E-state index >= 15 is 0 Å². The highest BCUT2D eigenvalue weighted by molar-refractivity contribution is 6.01. The number of nitrogens with zero attached hydrogens (tertiary/aromatic N) is 2. The summed E-state index contributed by atoms with van der Waals surface area (Å²) < 4.78 is 1.87. The molecule has 4 rings (SSSR count). The van der Waals surface area contributed by atoms with Crippen molar-refractivity contribution in [1.29, 1.82) is 0 Å². The van der Waals surface area contributed by atoms with Crippen molar-refractivity contribution in [2.24, 2.45) is 0 Å². The van der Waals surface area contributed by atoms with Crippen molar-refractivity contribution in [1.82, 2.24) is 9.78 Å². The topological polar surface area (TPSA) is 81.1 Å². The van der Waals surface area contributed by atoms with E-state index in [1.807, 2.05) is 67.1 Å². The summed E-state index contributed by atoms with van der Waals surface area (Å²) in [5.74, 6) is -0.317. The zero-order valence-corrected chi connectivity index (χ0v) is 16.5. The number of fused-ring (bicyclic) bond motifs is 1. The minimum absolute atomic E-state index is 0.317. The largest absolute Gasteiger partial charge is 0.399 e. The van der Waals surface area contributed by atoms with Crippen molar-refractivity contribution >= 4 is 22.4 Å². The Morgan fingerprint density at radius 2 is 1.83 bits per heavy atom. The lowest BCUT2D eigenvalue weighted by Crippen LogP contribution is -2.17. The first-order valence-corrected chi connectivity index (χ1v) is 9.54. The van der Waals surface area contributed by atoms with Crippen LogP contribution in [-0.2, 0) is 6.54 Å². The van der Waals surface area contributed by atoms with Crippen molar-refractivity contribution in [3.63, 3.8) is 0 Å². The Balaban J connectivity index is 1.76. The molecule has 0 aliphatic rings. The van der Waals surface area contributed by atoms with E-state index in [2.05, 4.69) is 5.10 Å². The molecule has 0 aliphatic carbocycles. The zero-order chi connectivity index (χ0) is 20.5. The standard InChI is InChI=1S/C24H23N3O2/c1-15-7-6-10-20(24(29)23(28)17-8-4-3-5-9-17)21(15)14-27-22-13-18(25)11-12-19(22)16(2)26-27/h3-13,23,28H,14,25H2,1-2H3. The van der Waals surface area contributed by atoms with Gasteiger partial charge in [-0.15, -0.1) is 0 Å². The molecular formula is C24H23N3O2. The fraction of sp³-hybridized carbons (Fsp3) is 0.167. The smallest absolute Gasteiger partial charge is 0.196 e. The van der Waals surface area contributed by atoms with Crippen LogP contribution in [0.5, 0.6) is 0 Å². The molecule has 1 atom stereocenters. The first-order valence-electron chi connectivity index (χ1n) is 9.54. The number of anilines is 1. The van der Waals surface area contributed by atoms with Gasteiger partial charge in [0.1, 0.15) is 6.10 Å². The predicted molar refractivity (Wildman–Crippen MR) is 115 cm³/mol. The van der Waals surface area contributed by atoms with Gasteiger partial charge in [-0.3, -0.25) is 9.48 Å². The van der Waals surface area contributed by atoms with E-state index in [9.17, 15) is 9.90 Å². The molecule has 3 aromatic carbocycles. The number of aliphatic hydroxyl groups is 1. The third-order valence-corrected chi connectivity index (χ3v) is 5.31. The molecule has 3 N–H and O–H groups in total. The molecule has 29 heavy (non-hydrogen) atoms. The second kappa shape index (κ2) is 7.53. The highest BCUT2D eigenvalue weighted by Crippen LogP contribution is 2.26. The summed E-state index contributed by atoms with van der Waals surface area (Å²) in [6, 6.07) is 20.3. The maximum absolute atomic E-state index is 13.1. The van der Waals surface area contributed by atoms with E-state index in [4.69, 9.17) is 5.73 Å². The first kappa shape index (κ1) is 18.9. The Hall–Kier alpha value is -3.44. The number of carbonyl (C=O) groups excluding carboxylic acids is 1. The second-order valence-electron chi connectivity index (χ2n) is 7.30. The molecule has 0 bridgehead atoms. The predicted octanol–water partition coefficient (Wildman–Crippen LogP) is 4.20. The molecule has 1 aromatic heterocycles. The number of hydrogen-bond acceptors (Lipinski definition) is 4. The molecule has 0 aliphatic heterocycles. The van der Waals surface area contributed by atoms with Crippen LogP contribution in [0.4, 0.5) is 5.69 Å². The number of Topliss-reactive ketones (excluding diaryl/α,β-unsaturated/α-hetero) is 1. The zero-order valence-electron chi connectivity index (χ0n) is 16.5. The summed E-state index contributed by atoms with van der Waals surface area (Å²) in [6.07, 6.45) is -1.21. The van der Waals surface area contributed by atoms with Crippen LogP contribution in [0.2, 0.25) is 0 Å². The number of nitrogen functional groups attached to an aromatic ring is 1. The van der Waals surface area contributed by atoms with Crippen LogP contribution in [0.25, 0.3) is 10.9 Å². The lowest BCUT2D eigenvalue weighted by Gasteiger charge is -2.16. The number of rotatable bonds is 5. The normalized spacial score (nSPS) is 12.2. The Bertz CT molecular complexity index is 1200. The maximum Gasteiger partial charge on any atom is 0.196 e. The molecule has 0 saturated heterocycles. The molecular weight excluding hydrogens is 362 g/mol. The van der Waals surface area contributed by atoms with E-state index in [-0.39, 0.29) is 5.78 Å². The maximum atomic E-state index is 13.1. The summed E-state index contributed by atoms with van der Waals surface area (Å²) in [4.78, 5) is 13.1. The Morgan fingerprint density at radius 1 is 1.07 bits per heavy atom. The van der Waals surface area contributed by atoms with E-state index in [0.717, 1.165) is 27.7 Å². The van der Waals surface area contributed by atoms with Crippen LogP contribution in [0.1, 0.15) is 38.8 Å². The van der Waals surface area contributed by atoms with Gasteiger partial charge in [-0.05, 0) is 48.7 Å². The van der Waals surface area contributed by atoms with Crippen molar-refractivity contribution in [2.45, 2.75) is 26.5 Å². The summed E-state index contributed by atoms with van der Waals surface area (Å²) in [5, 5.41) is 16.3. The summed E-state index contributed by atoms with van der Waals surface area (Å²) in [7, 11) is 0. The fourth-order valence-electron chi connectivity index (χ4n) is 3.70. The van der Waals surface area contributed by atoms with Gasteiger partial charge in [0.05, 0.1) is 17.8 Å².